The molecule has 18 heavy (non-hydrogen) atoms. The summed E-state index contributed by atoms with van der Waals surface area (Å²) in [5.74, 6) is 0.253. The van der Waals surface area contributed by atoms with Gasteiger partial charge in [-0.3, -0.25) is 9.69 Å². The van der Waals surface area contributed by atoms with Crippen molar-refractivity contribution < 1.29 is 4.79 Å². The topological polar surface area (TPSA) is 35.6 Å². The van der Waals surface area contributed by atoms with Crippen LogP contribution in [0.25, 0.3) is 0 Å². The summed E-state index contributed by atoms with van der Waals surface area (Å²) < 4.78 is 0. The molecule has 0 bridgehead atoms. The quantitative estimate of drug-likeness (QED) is 0.843. The standard InChI is InChI=1S/C13H27N3O.ClH/c1-10(2)16(11(3)4)13(17)9-15-7-6-14-8-12(15)5;/h10-12,14H,6-9H2,1-5H3;1H. The van der Waals surface area contributed by atoms with E-state index in [2.05, 4.69) is 44.8 Å². The fourth-order valence-corrected chi connectivity index (χ4v) is 2.55. The second kappa shape index (κ2) is 7.97. The minimum absolute atomic E-state index is 0. The van der Waals surface area contributed by atoms with E-state index >= 15 is 0 Å². The summed E-state index contributed by atoms with van der Waals surface area (Å²) in [6.07, 6.45) is 0. The fraction of sp³-hybridized carbons (Fsp3) is 0.923. The van der Waals surface area contributed by atoms with E-state index in [4.69, 9.17) is 0 Å². The van der Waals surface area contributed by atoms with Crippen LogP contribution in [-0.2, 0) is 4.79 Å². The van der Waals surface area contributed by atoms with E-state index in [0.717, 1.165) is 19.6 Å². The molecule has 1 aliphatic rings. The number of carbonyl (C=O) groups excluding carboxylic acids is 1. The highest BCUT2D eigenvalue weighted by molar-refractivity contribution is 5.85. The zero-order valence-electron chi connectivity index (χ0n) is 12.3. The lowest BCUT2D eigenvalue weighted by atomic mass is 10.2. The van der Waals surface area contributed by atoms with Gasteiger partial charge in [0.15, 0.2) is 0 Å². The molecule has 0 spiro atoms. The highest BCUT2D eigenvalue weighted by Gasteiger charge is 2.25. The third kappa shape index (κ3) is 4.75. The Balaban J connectivity index is 0.00000289. The van der Waals surface area contributed by atoms with Crippen LogP contribution in [0.3, 0.4) is 0 Å². The summed E-state index contributed by atoms with van der Waals surface area (Å²) in [7, 11) is 0. The van der Waals surface area contributed by atoms with Crippen LogP contribution in [0, 0.1) is 0 Å². The number of halogens is 1. The van der Waals surface area contributed by atoms with E-state index in [1.807, 2.05) is 4.90 Å². The van der Waals surface area contributed by atoms with Gasteiger partial charge in [0.05, 0.1) is 6.54 Å². The number of amides is 1. The minimum Gasteiger partial charge on any atom is -0.337 e. The van der Waals surface area contributed by atoms with Crippen LogP contribution in [0.5, 0.6) is 0 Å². The van der Waals surface area contributed by atoms with Crippen molar-refractivity contribution in [2.75, 3.05) is 26.2 Å². The second-order valence-electron chi connectivity index (χ2n) is 5.51. The van der Waals surface area contributed by atoms with Gasteiger partial charge in [-0.15, -0.1) is 12.4 Å². The van der Waals surface area contributed by atoms with Crippen LogP contribution in [0.2, 0.25) is 0 Å². The molecule has 0 aromatic heterocycles. The maximum atomic E-state index is 12.3. The predicted octanol–water partition coefficient (Wildman–Crippen LogP) is 1.35. The molecule has 0 aromatic carbocycles. The fourth-order valence-electron chi connectivity index (χ4n) is 2.55. The molecule has 0 radical (unpaired) electrons. The zero-order chi connectivity index (χ0) is 13.0. The molecule has 1 N–H and O–H groups in total. The van der Waals surface area contributed by atoms with E-state index in [-0.39, 0.29) is 30.4 Å². The van der Waals surface area contributed by atoms with Gasteiger partial charge in [-0.05, 0) is 34.6 Å². The number of nitrogens with one attached hydrogen (secondary N) is 1. The summed E-state index contributed by atoms with van der Waals surface area (Å²) >= 11 is 0. The normalized spacial score (nSPS) is 20.9. The Morgan fingerprint density at radius 2 is 1.89 bits per heavy atom. The lowest BCUT2D eigenvalue weighted by Gasteiger charge is -2.37. The number of nitrogens with zero attached hydrogens (tertiary/aromatic N) is 2. The average molecular weight is 278 g/mol. The number of hydrogen-bond donors (Lipinski definition) is 1. The first-order valence-corrected chi connectivity index (χ1v) is 6.69. The monoisotopic (exact) mass is 277 g/mol. The van der Waals surface area contributed by atoms with Gasteiger partial charge in [0, 0.05) is 37.8 Å². The summed E-state index contributed by atoms with van der Waals surface area (Å²) in [4.78, 5) is 16.6. The first kappa shape index (κ1) is 17.7. The van der Waals surface area contributed by atoms with E-state index in [0.29, 0.717) is 12.6 Å². The SMILES string of the molecule is CC1CNCCN1CC(=O)N(C(C)C)C(C)C.Cl. The smallest absolute Gasteiger partial charge is 0.237 e. The summed E-state index contributed by atoms with van der Waals surface area (Å²) in [6.45, 7) is 14.0. The highest BCUT2D eigenvalue weighted by atomic mass is 35.5. The molecule has 1 unspecified atom stereocenters. The number of piperazine rings is 1. The molecule has 108 valence electrons. The molecule has 1 rings (SSSR count). The Morgan fingerprint density at radius 3 is 2.33 bits per heavy atom. The minimum atomic E-state index is 0. The van der Waals surface area contributed by atoms with Gasteiger partial charge in [-0.2, -0.15) is 0 Å². The molecule has 1 heterocycles. The maximum absolute atomic E-state index is 12.3. The van der Waals surface area contributed by atoms with E-state index < -0.39 is 0 Å². The van der Waals surface area contributed by atoms with Gasteiger partial charge in [-0.1, -0.05) is 0 Å². The van der Waals surface area contributed by atoms with Crippen LogP contribution < -0.4 is 5.32 Å². The maximum Gasteiger partial charge on any atom is 0.237 e. The van der Waals surface area contributed by atoms with Crippen molar-refractivity contribution >= 4 is 18.3 Å². The van der Waals surface area contributed by atoms with Crippen molar-refractivity contribution in [3.05, 3.63) is 0 Å². The summed E-state index contributed by atoms with van der Waals surface area (Å²) in [5.41, 5.74) is 0. The first-order chi connectivity index (χ1) is 7.93. The molecule has 0 aromatic rings. The van der Waals surface area contributed by atoms with Crippen LogP contribution in [-0.4, -0.2) is 60.0 Å². The lowest BCUT2D eigenvalue weighted by Crippen LogP contribution is -2.54. The predicted molar refractivity (Wildman–Crippen MR) is 78.3 cm³/mol. The molecular weight excluding hydrogens is 250 g/mol. The third-order valence-corrected chi connectivity index (χ3v) is 3.38. The van der Waals surface area contributed by atoms with Gasteiger partial charge in [0.2, 0.25) is 5.91 Å². The molecule has 0 saturated carbocycles. The van der Waals surface area contributed by atoms with Crippen molar-refractivity contribution in [1.29, 1.82) is 0 Å². The van der Waals surface area contributed by atoms with Crippen LogP contribution >= 0.6 is 12.4 Å². The van der Waals surface area contributed by atoms with Gasteiger partial charge >= 0.3 is 0 Å². The Morgan fingerprint density at radius 1 is 1.33 bits per heavy atom. The largest absolute Gasteiger partial charge is 0.337 e. The second-order valence-corrected chi connectivity index (χ2v) is 5.51. The van der Waals surface area contributed by atoms with E-state index in [9.17, 15) is 4.79 Å². The highest BCUT2D eigenvalue weighted by Crippen LogP contribution is 2.09. The molecule has 0 aliphatic carbocycles. The van der Waals surface area contributed by atoms with Gasteiger partial charge in [-0.25, -0.2) is 0 Å². The average Bonchev–Trinajstić information content (AvgIpc) is 2.20. The van der Waals surface area contributed by atoms with E-state index in [1.54, 1.807) is 0 Å². The number of hydrogen-bond acceptors (Lipinski definition) is 3. The first-order valence-electron chi connectivity index (χ1n) is 6.69. The zero-order valence-corrected chi connectivity index (χ0v) is 13.1. The summed E-state index contributed by atoms with van der Waals surface area (Å²) in [6, 6.07) is 1.01. The molecule has 1 atom stereocenters. The lowest BCUT2D eigenvalue weighted by molar-refractivity contribution is -0.136. The van der Waals surface area contributed by atoms with Gasteiger partial charge < -0.3 is 10.2 Å². The summed E-state index contributed by atoms with van der Waals surface area (Å²) in [5, 5.41) is 3.35. The molecule has 1 saturated heterocycles. The molecule has 4 nitrogen and oxygen atoms in total. The van der Waals surface area contributed by atoms with Gasteiger partial charge in [0.25, 0.3) is 0 Å². The Hall–Kier alpha value is -0.320. The van der Waals surface area contributed by atoms with Crippen LogP contribution in [0.4, 0.5) is 0 Å². The van der Waals surface area contributed by atoms with Crippen molar-refractivity contribution in [3.8, 4) is 0 Å². The third-order valence-electron chi connectivity index (χ3n) is 3.38. The number of carbonyl (C=O) groups is 1. The molecule has 1 aliphatic heterocycles. The molecule has 5 heteroatoms. The van der Waals surface area contributed by atoms with Crippen molar-refractivity contribution in [1.82, 2.24) is 15.1 Å². The number of rotatable bonds is 4. The Labute approximate surface area is 117 Å². The molecule has 1 fully saturated rings. The van der Waals surface area contributed by atoms with Crippen molar-refractivity contribution in [2.24, 2.45) is 0 Å². The molecule has 1 amide bonds. The molecular formula is C13H28ClN3O. The van der Waals surface area contributed by atoms with Crippen LogP contribution in [0.15, 0.2) is 0 Å². The van der Waals surface area contributed by atoms with Crippen molar-refractivity contribution in [2.45, 2.75) is 52.7 Å². The van der Waals surface area contributed by atoms with Gasteiger partial charge in [0.1, 0.15) is 0 Å². The Bertz CT molecular complexity index is 251. The van der Waals surface area contributed by atoms with E-state index in [1.165, 1.54) is 0 Å². The van der Waals surface area contributed by atoms with Crippen molar-refractivity contribution in [3.63, 3.8) is 0 Å². The van der Waals surface area contributed by atoms with Crippen LogP contribution in [0.1, 0.15) is 34.6 Å². The Kier molecular flexibility index (Phi) is 7.83.